The zero-order chi connectivity index (χ0) is 21.6. The molecule has 0 spiro atoms. The molecule has 1 aromatic carbocycles. The third-order valence-corrected chi connectivity index (χ3v) is 5.15. The van der Waals surface area contributed by atoms with Gasteiger partial charge in [0.05, 0.1) is 7.11 Å². The molecule has 2 N–H and O–H groups in total. The van der Waals surface area contributed by atoms with Gasteiger partial charge in [-0.3, -0.25) is 14.9 Å². The average Bonchev–Trinajstić information content (AvgIpc) is 3.08. The van der Waals surface area contributed by atoms with E-state index in [0.717, 1.165) is 17.7 Å². The summed E-state index contributed by atoms with van der Waals surface area (Å²) < 4.78 is 5.14. The lowest BCUT2D eigenvalue weighted by atomic mass is 9.84. The summed E-state index contributed by atoms with van der Waals surface area (Å²) in [5.41, 5.74) is 1.06. The van der Waals surface area contributed by atoms with E-state index in [-0.39, 0.29) is 23.1 Å². The van der Waals surface area contributed by atoms with Crippen LogP contribution < -0.4 is 15.4 Å². The van der Waals surface area contributed by atoms with Crippen LogP contribution in [0.3, 0.4) is 0 Å². The molecule has 0 saturated carbocycles. The second kappa shape index (κ2) is 9.82. The Balaban J connectivity index is 1.87. The molecule has 0 aliphatic carbocycles. The number of amides is 2. The van der Waals surface area contributed by atoms with Gasteiger partial charge in [0.1, 0.15) is 16.8 Å². The Morgan fingerprint density at radius 3 is 2.38 bits per heavy atom. The summed E-state index contributed by atoms with van der Waals surface area (Å²) >= 11 is 1.27. The van der Waals surface area contributed by atoms with Crippen molar-refractivity contribution >= 4 is 28.3 Å². The molecule has 0 aliphatic rings. The molecule has 0 bridgehead atoms. The number of ether oxygens (including phenoxy) is 1. The van der Waals surface area contributed by atoms with E-state index in [9.17, 15) is 9.59 Å². The van der Waals surface area contributed by atoms with E-state index in [2.05, 4.69) is 48.5 Å². The molecule has 2 rings (SSSR count). The molecule has 0 radical (unpaired) electrons. The lowest BCUT2D eigenvalue weighted by Crippen LogP contribution is -2.42. The van der Waals surface area contributed by atoms with Crippen LogP contribution in [0.25, 0.3) is 10.6 Å². The van der Waals surface area contributed by atoms with Gasteiger partial charge in [-0.2, -0.15) is 0 Å². The second-order valence-electron chi connectivity index (χ2n) is 8.49. The van der Waals surface area contributed by atoms with Gasteiger partial charge in [0.2, 0.25) is 16.9 Å². The first-order valence-electron chi connectivity index (χ1n) is 9.65. The maximum Gasteiger partial charge on any atom is 0.248 e. The van der Waals surface area contributed by atoms with E-state index < -0.39 is 6.04 Å². The summed E-state index contributed by atoms with van der Waals surface area (Å²) in [7, 11) is 1.61. The van der Waals surface area contributed by atoms with Crippen LogP contribution in [0.15, 0.2) is 24.3 Å². The second-order valence-corrected chi connectivity index (χ2v) is 9.47. The Kier molecular flexibility index (Phi) is 7.73. The summed E-state index contributed by atoms with van der Waals surface area (Å²) in [6, 6.07) is 6.79. The monoisotopic (exact) mass is 418 g/mol. The first-order valence-corrected chi connectivity index (χ1v) is 10.5. The van der Waals surface area contributed by atoms with Crippen molar-refractivity contribution in [3.8, 4) is 16.3 Å². The number of rotatable bonds is 8. The highest BCUT2D eigenvalue weighted by Crippen LogP contribution is 2.28. The van der Waals surface area contributed by atoms with Crippen molar-refractivity contribution in [3.05, 3.63) is 24.3 Å². The van der Waals surface area contributed by atoms with Gasteiger partial charge in [0, 0.05) is 12.0 Å². The molecule has 0 saturated heterocycles. The number of anilines is 1. The number of hydrogen-bond acceptors (Lipinski definition) is 6. The number of aromatic nitrogens is 2. The largest absolute Gasteiger partial charge is 0.497 e. The fraction of sp³-hybridized carbons (Fsp3) is 0.524. The quantitative estimate of drug-likeness (QED) is 0.673. The Hall–Kier alpha value is -2.48. The lowest BCUT2D eigenvalue weighted by Gasteiger charge is -2.23. The van der Waals surface area contributed by atoms with Gasteiger partial charge in [0.15, 0.2) is 0 Å². The number of nitrogens with one attached hydrogen (secondary N) is 2. The minimum atomic E-state index is -0.655. The van der Waals surface area contributed by atoms with Crippen LogP contribution in [-0.4, -0.2) is 35.2 Å². The van der Waals surface area contributed by atoms with Gasteiger partial charge in [0.25, 0.3) is 0 Å². The number of carbonyl (C=O) groups excluding carboxylic acids is 2. The first-order chi connectivity index (χ1) is 13.6. The van der Waals surface area contributed by atoms with Gasteiger partial charge >= 0.3 is 0 Å². The molecule has 7 nitrogen and oxygen atoms in total. The maximum absolute atomic E-state index is 12.4. The van der Waals surface area contributed by atoms with Crippen LogP contribution in [-0.2, 0) is 9.59 Å². The lowest BCUT2D eigenvalue weighted by molar-refractivity contribution is -0.126. The molecular weight excluding hydrogens is 388 g/mol. The molecule has 2 aromatic rings. The molecule has 29 heavy (non-hydrogen) atoms. The SMILES string of the molecule is COc1ccc(-c2nnc(NC(=O)[C@H](C)NC(=O)C[C@@H](C)CC(C)(C)C)s2)cc1. The zero-order valence-electron chi connectivity index (χ0n) is 17.9. The molecule has 0 aliphatic heterocycles. The summed E-state index contributed by atoms with van der Waals surface area (Å²) in [5, 5.41) is 14.7. The predicted molar refractivity (Wildman–Crippen MR) is 116 cm³/mol. The number of nitrogens with zero attached hydrogens (tertiary/aromatic N) is 2. The highest BCUT2D eigenvalue weighted by Gasteiger charge is 2.21. The van der Waals surface area contributed by atoms with Gasteiger partial charge < -0.3 is 10.1 Å². The first kappa shape index (κ1) is 22.8. The molecule has 0 unspecified atom stereocenters. The number of hydrogen-bond donors (Lipinski definition) is 2. The molecule has 1 aromatic heterocycles. The third-order valence-electron chi connectivity index (χ3n) is 4.26. The standard InChI is InChI=1S/C21H30N4O3S/c1-13(12-21(3,4)5)11-17(26)22-14(2)18(27)23-20-25-24-19(29-20)15-7-9-16(28-6)10-8-15/h7-10,13-14H,11-12H2,1-6H3,(H,22,26)(H,23,25,27)/t13-,14+/m1/s1. The predicted octanol–water partition coefficient (Wildman–Crippen LogP) is 4.12. The highest BCUT2D eigenvalue weighted by atomic mass is 32.1. The van der Waals surface area contributed by atoms with E-state index in [1.807, 2.05) is 24.3 Å². The third kappa shape index (κ3) is 7.45. The Morgan fingerprint density at radius 2 is 1.79 bits per heavy atom. The van der Waals surface area contributed by atoms with Gasteiger partial charge in [-0.05, 0) is 48.9 Å². The summed E-state index contributed by atoms with van der Waals surface area (Å²) in [4.78, 5) is 24.6. The minimum Gasteiger partial charge on any atom is -0.497 e. The normalized spacial score (nSPS) is 13.4. The van der Waals surface area contributed by atoms with E-state index in [1.165, 1.54) is 11.3 Å². The number of methoxy groups -OCH3 is 1. The van der Waals surface area contributed by atoms with Crippen molar-refractivity contribution < 1.29 is 14.3 Å². The van der Waals surface area contributed by atoms with E-state index in [0.29, 0.717) is 16.6 Å². The van der Waals surface area contributed by atoms with Crippen LogP contribution >= 0.6 is 11.3 Å². The summed E-state index contributed by atoms with van der Waals surface area (Å²) in [6.45, 7) is 10.2. The number of benzene rings is 1. The van der Waals surface area contributed by atoms with E-state index in [1.54, 1.807) is 14.0 Å². The van der Waals surface area contributed by atoms with Crippen molar-refractivity contribution in [1.82, 2.24) is 15.5 Å². The fourth-order valence-electron chi connectivity index (χ4n) is 3.14. The van der Waals surface area contributed by atoms with Crippen molar-refractivity contribution in [2.45, 2.75) is 53.5 Å². The van der Waals surface area contributed by atoms with E-state index in [4.69, 9.17) is 4.74 Å². The molecule has 8 heteroatoms. The Bertz CT molecular complexity index is 827. The fourth-order valence-corrected chi connectivity index (χ4v) is 3.89. The van der Waals surface area contributed by atoms with Gasteiger partial charge in [-0.15, -0.1) is 10.2 Å². The van der Waals surface area contributed by atoms with Crippen LogP contribution in [0, 0.1) is 11.3 Å². The molecule has 2 amide bonds. The maximum atomic E-state index is 12.4. The van der Waals surface area contributed by atoms with Gasteiger partial charge in [-0.25, -0.2) is 0 Å². The molecule has 2 atom stereocenters. The smallest absolute Gasteiger partial charge is 0.248 e. The van der Waals surface area contributed by atoms with Crippen molar-refractivity contribution in [1.29, 1.82) is 0 Å². The Labute approximate surface area is 176 Å². The van der Waals surface area contributed by atoms with Crippen LogP contribution in [0.4, 0.5) is 5.13 Å². The van der Waals surface area contributed by atoms with Gasteiger partial charge in [-0.1, -0.05) is 39.0 Å². The molecule has 0 fully saturated rings. The molecular formula is C21H30N4O3S. The average molecular weight is 419 g/mol. The summed E-state index contributed by atoms with van der Waals surface area (Å²) in [5.74, 6) is 0.563. The van der Waals surface area contributed by atoms with Crippen LogP contribution in [0.5, 0.6) is 5.75 Å². The van der Waals surface area contributed by atoms with Crippen LogP contribution in [0.1, 0.15) is 47.5 Å². The number of carbonyl (C=O) groups is 2. The van der Waals surface area contributed by atoms with Crippen molar-refractivity contribution in [3.63, 3.8) is 0 Å². The minimum absolute atomic E-state index is 0.124. The van der Waals surface area contributed by atoms with Crippen LogP contribution in [0.2, 0.25) is 0 Å². The van der Waals surface area contributed by atoms with E-state index >= 15 is 0 Å². The topological polar surface area (TPSA) is 93.2 Å². The Morgan fingerprint density at radius 1 is 1.14 bits per heavy atom. The highest BCUT2D eigenvalue weighted by molar-refractivity contribution is 7.18. The zero-order valence-corrected chi connectivity index (χ0v) is 18.7. The van der Waals surface area contributed by atoms with Crippen molar-refractivity contribution in [2.24, 2.45) is 11.3 Å². The molecule has 158 valence electrons. The summed E-state index contributed by atoms with van der Waals surface area (Å²) in [6.07, 6.45) is 1.34. The molecule has 1 heterocycles. The van der Waals surface area contributed by atoms with Crippen molar-refractivity contribution in [2.75, 3.05) is 12.4 Å².